The predicted molar refractivity (Wildman–Crippen MR) is 76.5 cm³/mol. The van der Waals surface area contributed by atoms with Gasteiger partial charge < -0.3 is 0 Å². The lowest BCUT2D eigenvalue weighted by Crippen LogP contribution is -2.26. The van der Waals surface area contributed by atoms with Gasteiger partial charge in [-0.3, -0.25) is 0 Å². The van der Waals surface area contributed by atoms with Crippen molar-refractivity contribution in [3.05, 3.63) is 64.9 Å². The number of hydrogen-bond acceptors (Lipinski definition) is 2. The molecule has 0 bridgehead atoms. The first-order chi connectivity index (χ1) is 9.39. The molecule has 0 fully saturated rings. The van der Waals surface area contributed by atoms with Crippen molar-refractivity contribution in [2.24, 2.45) is 0 Å². The average molecular weight is 314 g/mol. The Balaban J connectivity index is 2.23. The summed E-state index contributed by atoms with van der Waals surface area (Å²) >= 11 is 5.78. The number of halogens is 2. The number of nitrogens with zero attached hydrogens (tertiary/aromatic N) is 1. The molecule has 0 radical (unpaired) electrons. The van der Waals surface area contributed by atoms with Gasteiger partial charge >= 0.3 is 0 Å². The van der Waals surface area contributed by atoms with E-state index in [2.05, 4.69) is 0 Å². The molecule has 20 heavy (non-hydrogen) atoms. The van der Waals surface area contributed by atoms with Gasteiger partial charge in [-0.05, 0) is 35.9 Å². The Kier molecular flexibility index (Phi) is 4.42. The van der Waals surface area contributed by atoms with Crippen molar-refractivity contribution in [3.8, 4) is 0 Å². The Morgan fingerprint density at radius 2 is 1.80 bits per heavy atom. The van der Waals surface area contributed by atoms with Crippen molar-refractivity contribution in [2.75, 3.05) is 7.05 Å². The summed E-state index contributed by atoms with van der Waals surface area (Å²) in [5.74, 6) is -0.578. The maximum absolute atomic E-state index is 13.1. The average Bonchev–Trinajstić information content (AvgIpc) is 2.41. The molecule has 0 saturated carbocycles. The van der Waals surface area contributed by atoms with E-state index in [0.29, 0.717) is 5.02 Å². The molecule has 0 N–H and O–H groups in total. The van der Waals surface area contributed by atoms with Gasteiger partial charge in [0.15, 0.2) is 0 Å². The molecule has 3 nitrogen and oxygen atoms in total. The molecular formula is C14H13ClFNO2S. The third-order valence-electron chi connectivity index (χ3n) is 2.82. The van der Waals surface area contributed by atoms with Gasteiger partial charge in [0, 0.05) is 18.6 Å². The minimum atomic E-state index is -3.71. The van der Waals surface area contributed by atoms with Crippen LogP contribution in [0.3, 0.4) is 0 Å². The van der Waals surface area contributed by atoms with E-state index >= 15 is 0 Å². The van der Waals surface area contributed by atoms with Crippen LogP contribution >= 0.6 is 11.6 Å². The molecule has 0 aromatic heterocycles. The summed E-state index contributed by atoms with van der Waals surface area (Å²) in [4.78, 5) is -0.0611. The number of benzene rings is 2. The van der Waals surface area contributed by atoms with E-state index in [1.54, 1.807) is 24.3 Å². The summed E-state index contributed by atoms with van der Waals surface area (Å²) in [6.45, 7) is 0.190. The van der Waals surface area contributed by atoms with Crippen LogP contribution in [0.5, 0.6) is 0 Å². The monoisotopic (exact) mass is 313 g/mol. The fourth-order valence-electron chi connectivity index (χ4n) is 1.74. The lowest BCUT2D eigenvalue weighted by Gasteiger charge is -2.17. The van der Waals surface area contributed by atoms with E-state index in [9.17, 15) is 12.8 Å². The van der Waals surface area contributed by atoms with Gasteiger partial charge in [-0.2, -0.15) is 4.31 Å². The fraction of sp³-hybridized carbons (Fsp3) is 0.143. The van der Waals surface area contributed by atoms with Crippen LogP contribution in [0.1, 0.15) is 5.56 Å². The Hall–Kier alpha value is -1.43. The number of sulfonamides is 1. The van der Waals surface area contributed by atoms with Crippen LogP contribution in [0.15, 0.2) is 53.4 Å². The van der Waals surface area contributed by atoms with Crippen molar-refractivity contribution in [3.63, 3.8) is 0 Å². The minimum Gasteiger partial charge on any atom is -0.207 e. The number of rotatable bonds is 4. The van der Waals surface area contributed by atoms with Crippen LogP contribution in [0.2, 0.25) is 5.02 Å². The summed E-state index contributed by atoms with van der Waals surface area (Å²) < 4.78 is 38.9. The van der Waals surface area contributed by atoms with E-state index in [1.165, 1.54) is 29.6 Å². The molecule has 0 unspecified atom stereocenters. The van der Waals surface area contributed by atoms with Crippen molar-refractivity contribution in [1.82, 2.24) is 4.31 Å². The highest BCUT2D eigenvalue weighted by Crippen LogP contribution is 2.18. The molecule has 0 aliphatic rings. The highest BCUT2D eigenvalue weighted by Gasteiger charge is 2.21. The Morgan fingerprint density at radius 1 is 1.15 bits per heavy atom. The SMILES string of the molecule is CN(Cc1ccc(Cl)cc1)S(=O)(=O)c1cccc(F)c1. The lowest BCUT2D eigenvalue weighted by molar-refractivity contribution is 0.466. The van der Waals surface area contributed by atoms with Crippen LogP contribution in [0.25, 0.3) is 0 Å². The van der Waals surface area contributed by atoms with E-state index in [-0.39, 0.29) is 11.4 Å². The second kappa shape index (κ2) is 5.91. The first kappa shape index (κ1) is 15.0. The van der Waals surface area contributed by atoms with Crippen molar-refractivity contribution in [1.29, 1.82) is 0 Å². The molecule has 2 aromatic rings. The van der Waals surface area contributed by atoms with Crippen LogP contribution in [0.4, 0.5) is 4.39 Å². The van der Waals surface area contributed by atoms with Crippen LogP contribution in [0, 0.1) is 5.82 Å². The standard InChI is InChI=1S/C14H13ClFNO2S/c1-17(10-11-5-7-12(15)8-6-11)20(18,19)14-4-2-3-13(16)9-14/h2-9H,10H2,1H3. The molecule has 0 aliphatic carbocycles. The molecule has 106 valence electrons. The molecule has 2 rings (SSSR count). The second-order valence-electron chi connectivity index (χ2n) is 4.34. The molecule has 0 atom stereocenters. The van der Waals surface area contributed by atoms with Crippen molar-refractivity contribution < 1.29 is 12.8 Å². The van der Waals surface area contributed by atoms with Gasteiger partial charge in [-0.25, -0.2) is 12.8 Å². The summed E-state index contributed by atoms with van der Waals surface area (Å²) in [6.07, 6.45) is 0. The third kappa shape index (κ3) is 3.36. The van der Waals surface area contributed by atoms with Crippen molar-refractivity contribution in [2.45, 2.75) is 11.4 Å². The molecule has 0 amide bonds. The zero-order valence-corrected chi connectivity index (χ0v) is 12.3. The zero-order chi connectivity index (χ0) is 14.8. The van der Waals surface area contributed by atoms with Crippen LogP contribution in [-0.2, 0) is 16.6 Å². The van der Waals surface area contributed by atoms with Crippen LogP contribution in [-0.4, -0.2) is 19.8 Å². The molecule has 0 heterocycles. The van der Waals surface area contributed by atoms with E-state index < -0.39 is 15.8 Å². The summed E-state index contributed by atoms with van der Waals surface area (Å²) in [6, 6.07) is 11.8. The summed E-state index contributed by atoms with van der Waals surface area (Å²) in [7, 11) is -2.26. The molecule has 0 saturated heterocycles. The quantitative estimate of drug-likeness (QED) is 0.868. The smallest absolute Gasteiger partial charge is 0.207 e. The molecule has 0 spiro atoms. The van der Waals surface area contributed by atoms with Crippen molar-refractivity contribution >= 4 is 21.6 Å². The van der Waals surface area contributed by atoms with Gasteiger partial charge in [0.1, 0.15) is 5.82 Å². The second-order valence-corrected chi connectivity index (χ2v) is 6.83. The topological polar surface area (TPSA) is 37.4 Å². The first-order valence-electron chi connectivity index (χ1n) is 5.86. The van der Waals surface area contributed by atoms with Gasteiger partial charge in [0.2, 0.25) is 10.0 Å². The molecule has 0 aliphatic heterocycles. The van der Waals surface area contributed by atoms with Gasteiger partial charge in [0.05, 0.1) is 4.90 Å². The Labute approximate surface area is 122 Å². The Morgan fingerprint density at radius 3 is 2.40 bits per heavy atom. The number of hydrogen-bond donors (Lipinski definition) is 0. The molecular weight excluding hydrogens is 301 g/mol. The van der Waals surface area contributed by atoms with Crippen LogP contribution < -0.4 is 0 Å². The van der Waals surface area contributed by atoms with Gasteiger partial charge in [0.25, 0.3) is 0 Å². The minimum absolute atomic E-state index is 0.0611. The third-order valence-corrected chi connectivity index (χ3v) is 4.87. The highest BCUT2D eigenvalue weighted by molar-refractivity contribution is 7.89. The zero-order valence-electron chi connectivity index (χ0n) is 10.8. The van der Waals surface area contributed by atoms with E-state index in [1.807, 2.05) is 0 Å². The maximum Gasteiger partial charge on any atom is 0.243 e. The van der Waals surface area contributed by atoms with Gasteiger partial charge in [-0.1, -0.05) is 29.8 Å². The largest absolute Gasteiger partial charge is 0.243 e. The predicted octanol–water partition coefficient (Wildman–Crippen LogP) is 3.30. The maximum atomic E-state index is 13.1. The highest BCUT2D eigenvalue weighted by atomic mass is 35.5. The van der Waals surface area contributed by atoms with E-state index in [0.717, 1.165) is 11.6 Å². The normalized spacial score (nSPS) is 11.8. The fourth-order valence-corrected chi connectivity index (χ4v) is 3.06. The van der Waals surface area contributed by atoms with E-state index in [4.69, 9.17) is 11.6 Å². The molecule has 6 heteroatoms. The summed E-state index contributed by atoms with van der Waals surface area (Å²) in [5, 5.41) is 0.587. The Bertz CT molecular complexity index is 701. The van der Waals surface area contributed by atoms with Gasteiger partial charge in [-0.15, -0.1) is 0 Å². The first-order valence-corrected chi connectivity index (χ1v) is 7.68. The molecule has 2 aromatic carbocycles. The lowest BCUT2D eigenvalue weighted by atomic mass is 10.2. The summed E-state index contributed by atoms with van der Waals surface area (Å²) in [5.41, 5.74) is 0.803.